The van der Waals surface area contributed by atoms with Crippen LogP contribution in [0.4, 0.5) is 0 Å². The second-order valence-electron chi connectivity index (χ2n) is 5.37. The number of carbonyl (C=O) groups is 2. The molecule has 1 aliphatic heterocycles. The summed E-state index contributed by atoms with van der Waals surface area (Å²) in [6.07, 6.45) is -0.414. The highest BCUT2D eigenvalue weighted by atomic mass is 16.5. The molecule has 0 aromatic carbocycles. The van der Waals surface area contributed by atoms with Crippen LogP contribution < -0.4 is 0 Å². The fourth-order valence-electron chi connectivity index (χ4n) is 2.29. The molecule has 0 saturated carbocycles. The largest absolute Gasteiger partial charge is 0.481 e. The van der Waals surface area contributed by atoms with Crippen molar-refractivity contribution in [2.45, 2.75) is 32.3 Å². The Labute approximate surface area is 118 Å². The molecule has 1 heterocycles. The molecule has 116 valence electrons. The van der Waals surface area contributed by atoms with Crippen molar-refractivity contribution in [2.75, 3.05) is 32.8 Å². The highest BCUT2D eigenvalue weighted by molar-refractivity contribution is 5.84. The molecule has 2 atom stereocenters. The molecule has 0 aromatic heterocycles. The zero-order valence-corrected chi connectivity index (χ0v) is 11.7. The van der Waals surface area contributed by atoms with E-state index in [1.54, 1.807) is 0 Å². The van der Waals surface area contributed by atoms with Crippen LogP contribution in [0.1, 0.15) is 26.2 Å². The number of aliphatic hydroxyl groups excluding tert-OH is 1. The van der Waals surface area contributed by atoms with Crippen molar-refractivity contribution in [1.82, 2.24) is 4.90 Å². The van der Waals surface area contributed by atoms with Gasteiger partial charge in [0.15, 0.2) is 6.10 Å². The number of hydrogen-bond acceptors (Lipinski definition) is 5. The molecule has 0 bridgehead atoms. The monoisotopic (exact) mass is 289 g/mol. The van der Waals surface area contributed by atoms with Crippen LogP contribution in [0.3, 0.4) is 0 Å². The Bertz CT molecular complexity index is 342. The van der Waals surface area contributed by atoms with E-state index in [1.165, 1.54) is 6.92 Å². The van der Waals surface area contributed by atoms with E-state index >= 15 is 0 Å². The first kappa shape index (κ1) is 16.9. The summed E-state index contributed by atoms with van der Waals surface area (Å²) in [5.41, 5.74) is -1.64. The van der Waals surface area contributed by atoms with Crippen molar-refractivity contribution in [2.24, 2.45) is 5.41 Å². The van der Waals surface area contributed by atoms with E-state index in [0.717, 1.165) is 26.1 Å². The van der Waals surface area contributed by atoms with Crippen molar-refractivity contribution >= 4 is 11.9 Å². The molecule has 0 amide bonds. The number of aliphatic hydroxyl groups is 1. The molecule has 7 heteroatoms. The smallest absolute Gasteiger partial charge is 0.333 e. The van der Waals surface area contributed by atoms with Gasteiger partial charge in [0.2, 0.25) is 0 Å². The quantitative estimate of drug-likeness (QED) is 0.541. The second-order valence-corrected chi connectivity index (χ2v) is 5.37. The van der Waals surface area contributed by atoms with Crippen molar-refractivity contribution in [1.29, 1.82) is 0 Å². The summed E-state index contributed by atoms with van der Waals surface area (Å²) in [6, 6.07) is 0. The Hall–Kier alpha value is -1.18. The zero-order valence-electron chi connectivity index (χ0n) is 11.7. The van der Waals surface area contributed by atoms with Crippen molar-refractivity contribution in [3.8, 4) is 0 Å². The third-order valence-corrected chi connectivity index (χ3v) is 3.85. The van der Waals surface area contributed by atoms with Crippen LogP contribution in [0, 0.1) is 5.41 Å². The number of carboxylic acid groups (broad SMARTS) is 2. The molecule has 1 rings (SSSR count). The lowest BCUT2D eigenvalue weighted by atomic mass is 9.79. The average Bonchev–Trinajstić information content (AvgIpc) is 2.43. The summed E-state index contributed by atoms with van der Waals surface area (Å²) < 4.78 is 5.23. The highest BCUT2D eigenvalue weighted by Crippen LogP contribution is 2.29. The van der Waals surface area contributed by atoms with Crippen LogP contribution in [0.5, 0.6) is 0 Å². The number of ether oxygens (including phenoxy) is 1. The summed E-state index contributed by atoms with van der Waals surface area (Å²) >= 11 is 0. The van der Waals surface area contributed by atoms with Gasteiger partial charge >= 0.3 is 11.9 Å². The lowest BCUT2D eigenvalue weighted by molar-refractivity contribution is -0.169. The topological polar surface area (TPSA) is 107 Å². The minimum absolute atomic E-state index is 0.139. The molecule has 20 heavy (non-hydrogen) atoms. The Morgan fingerprint density at radius 1 is 1.25 bits per heavy atom. The number of morpholine rings is 1. The van der Waals surface area contributed by atoms with E-state index in [1.807, 2.05) is 0 Å². The normalized spacial score (nSPS) is 21.1. The summed E-state index contributed by atoms with van der Waals surface area (Å²) in [5, 5.41) is 27.5. The van der Waals surface area contributed by atoms with E-state index in [2.05, 4.69) is 4.90 Å². The van der Waals surface area contributed by atoms with Crippen LogP contribution >= 0.6 is 0 Å². The number of carboxylic acids is 2. The second kappa shape index (κ2) is 7.56. The molecular formula is C13H23NO6. The van der Waals surface area contributed by atoms with E-state index < -0.39 is 23.5 Å². The van der Waals surface area contributed by atoms with Crippen molar-refractivity contribution in [3.05, 3.63) is 0 Å². The van der Waals surface area contributed by atoms with Crippen LogP contribution in [0.2, 0.25) is 0 Å². The molecule has 1 saturated heterocycles. The Kier molecular flexibility index (Phi) is 6.38. The molecule has 2 unspecified atom stereocenters. The van der Waals surface area contributed by atoms with Gasteiger partial charge in [0.1, 0.15) is 5.41 Å². The molecule has 0 aromatic rings. The van der Waals surface area contributed by atoms with Crippen molar-refractivity contribution < 1.29 is 29.6 Å². The zero-order chi connectivity index (χ0) is 15.2. The predicted octanol–water partition coefficient (Wildman–Crippen LogP) is 0.0253. The van der Waals surface area contributed by atoms with Crippen LogP contribution in [-0.4, -0.2) is 71.1 Å². The Morgan fingerprint density at radius 2 is 1.85 bits per heavy atom. The Balaban J connectivity index is 2.39. The van der Waals surface area contributed by atoms with Crippen LogP contribution in [0.25, 0.3) is 0 Å². The lowest BCUT2D eigenvalue weighted by Crippen LogP contribution is -2.44. The van der Waals surface area contributed by atoms with Gasteiger partial charge in [-0.05, 0) is 26.3 Å². The maximum absolute atomic E-state index is 11.2. The van der Waals surface area contributed by atoms with E-state index in [-0.39, 0.29) is 6.42 Å². The number of rotatable bonds is 8. The fourth-order valence-corrected chi connectivity index (χ4v) is 2.29. The van der Waals surface area contributed by atoms with Crippen LogP contribution in [-0.2, 0) is 14.3 Å². The van der Waals surface area contributed by atoms with Gasteiger partial charge in [0.25, 0.3) is 0 Å². The number of nitrogens with zero attached hydrogens (tertiary/aromatic N) is 1. The summed E-state index contributed by atoms with van der Waals surface area (Å²) in [6.45, 7) is 5.28. The standard InChI is InChI=1S/C13H23NO6/c1-13(12(18)19,10(15)11(16)17)4-2-3-5-14-6-8-20-9-7-14/h10,15H,2-9H2,1H3,(H,16,17)(H,18,19). The van der Waals surface area contributed by atoms with Crippen LogP contribution in [0.15, 0.2) is 0 Å². The number of unbranched alkanes of at least 4 members (excludes halogenated alkanes) is 1. The lowest BCUT2D eigenvalue weighted by Gasteiger charge is -2.29. The molecule has 0 spiro atoms. The molecule has 1 aliphatic rings. The first-order valence-corrected chi connectivity index (χ1v) is 6.82. The minimum Gasteiger partial charge on any atom is -0.481 e. The molecule has 3 N–H and O–H groups in total. The Morgan fingerprint density at radius 3 is 2.35 bits per heavy atom. The third-order valence-electron chi connectivity index (χ3n) is 3.85. The first-order valence-electron chi connectivity index (χ1n) is 6.82. The number of hydrogen-bond donors (Lipinski definition) is 3. The first-order chi connectivity index (χ1) is 9.38. The van der Waals surface area contributed by atoms with Gasteiger partial charge < -0.3 is 20.1 Å². The van der Waals surface area contributed by atoms with Gasteiger partial charge in [-0.25, -0.2) is 4.79 Å². The third kappa shape index (κ3) is 4.43. The maximum Gasteiger partial charge on any atom is 0.333 e. The summed E-state index contributed by atoms with van der Waals surface area (Å²) in [4.78, 5) is 24.2. The predicted molar refractivity (Wildman–Crippen MR) is 70.5 cm³/mol. The summed E-state index contributed by atoms with van der Waals surface area (Å²) in [7, 11) is 0. The molecule has 0 aliphatic carbocycles. The SMILES string of the molecule is CC(CCCCN1CCOCC1)(C(=O)O)C(O)C(=O)O. The van der Waals surface area contributed by atoms with Gasteiger partial charge in [0, 0.05) is 13.1 Å². The van der Waals surface area contributed by atoms with Gasteiger partial charge in [-0.15, -0.1) is 0 Å². The maximum atomic E-state index is 11.2. The van der Waals surface area contributed by atoms with Gasteiger partial charge in [-0.1, -0.05) is 6.42 Å². The molecular weight excluding hydrogens is 266 g/mol. The average molecular weight is 289 g/mol. The highest BCUT2D eigenvalue weighted by Gasteiger charge is 2.44. The minimum atomic E-state index is -1.89. The van der Waals surface area contributed by atoms with Gasteiger partial charge in [-0.3, -0.25) is 9.69 Å². The van der Waals surface area contributed by atoms with E-state index in [4.69, 9.17) is 14.9 Å². The van der Waals surface area contributed by atoms with Gasteiger partial charge in [-0.2, -0.15) is 0 Å². The van der Waals surface area contributed by atoms with E-state index in [0.29, 0.717) is 19.6 Å². The van der Waals surface area contributed by atoms with Crippen molar-refractivity contribution in [3.63, 3.8) is 0 Å². The van der Waals surface area contributed by atoms with E-state index in [9.17, 15) is 14.7 Å². The molecule has 7 nitrogen and oxygen atoms in total. The molecule has 0 radical (unpaired) electrons. The number of aliphatic carboxylic acids is 2. The molecule has 1 fully saturated rings. The van der Waals surface area contributed by atoms with Gasteiger partial charge in [0.05, 0.1) is 13.2 Å². The summed E-state index contributed by atoms with van der Waals surface area (Å²) in [5.74, 6) is -2.78. The fraction of sp³-hybridized carbons (Fsp3) is 0.846.